The molecule has 0 radical (unpaired) electrons. The van der Waals surface area contributed by atoms with Crippen molar-refractivity contribution in [2.75, 3.05) is 21.0 Å². The van der Waals surface area contributed by atoms with Crippen LogP contribution in [0.15, 0.2) is 12.1 Å². The predicted octanol–water partition coefficient (Wildman–Crippen LogP) is 2.22. The fourth-order valence-corrected chi connectivity index (χ4v) is 1.79. The minimum Gasteiger partial charge on any atom is -0.493 e. The minimum atomic E-state index is 0.0167. The quantitative estimate of drug-likeness (QED) is 0.796. The Labute approximate surface area is 107 Å². The molecule has 0 saturated heterocycles. The zero-order chi connectivity index (χ0) is 12.8. The van der Waals surface area contributed by atoms with Crippen molar-refractivity contribution in [3.8, 4) is 11.5 Å². The van der Waals surface area contributed by atoms with E-state index in [0.29, 0.717) is 22.9 Å². The van der Waals surface area contributed by atoms with Crippen LogP contribution in [-0.2, 0) is 11.2 Å². The lowest BCUT2D eigenvalue weighted by Crippen LogP contribution is -2.18. The van der Waals surface area contributed by atoms with Crippen LogP contribution < -0.4 is 15.2 Å². The van der Waals surface area contributed by atoms with Crippen LogP contribution in [0.5, 0.6) is 11.5 Å². The first kappa shape index (κ1) is 14.1. The smallest absolute Gasteiger partial charge is 0.188 e. The van der Waals surface area contributed by atoms with Gasteiger partial charge in [-0.15, -0.1) is 0 Å². The fourth-order valence-electron chi connectivity index (χ4n) is 1.55. The van der Waals surface area contributed by atoms with Crippen molar-refractivity contribution in [3.63, 3.8) is 0 Å². The van der Waals surface area contributed by atoms with E-state index >= 15 is 0 Å². The average molecular weight is 260 g/mol. The second-order valence-corrected chi connectivity index (χ2v) is 4.27. The lowest BCUT2D eigenvalue weighted by molar-refractivity contribution is 0.0484. The molecule has 1 rings (SSSR count). The molecule has 0 aliphatic rings. The van der Waals surface area contributed by atoms with Gasteiger partial charge in [-0.2, -0.15) is 0 Å². The van der Waals surface area contributed by atoms with Crippen molar-refractivity contribution < 1.29 is 14.2 Å². The second kappa shape index (κ2) is 6.69. The molecule has 0 heterocycles. The Balaban J connectivity index is 3.08. The van der Waals surface area contributed by atoms with Crippen LogP contribution in [0.3, 0.4) is 0 Å². The number of hydrogen-bond donors (Lipinski definition) is 1. The summed E-state index contributed by atoms with van der Waals surface area (Å²) in [5, 5.41) is 0.599. The normalized spacial score (nSPS) is 12.3. The van der Waals surface area contributed by atoms with Crippen molar-refractivity contribution in [2.24, 2.45) is 5.73 Å². The number of halogens is 1. The van der Waals surface area contributed by atoms with Gasteiger partial charge in [-0.3, -0.25) is 0 Å². The van der Waals surface area contributed by atoms with Crippen molar-refractivity contribution in [2.45, 2.75) is 19.4 Å². The molecule has 17 heavy (non-hydrogen) atoms. The van der Waals surface area contributed by atoms with Gasteiger partial charge in [0, 0.05) is 29.8 Å². The van der Waals surface area contributed by atoms with Gasteiger partial charge in [-0.1, -0.05) is 11.6 Å². The fraction of sp³-hybridized carbons (Fsp3) is 0.500. The van der Waals surface area contributed by atoms with Gasteiger partial charge in [0.2, 0.25) is 0 Å². The molecule has 1 aromatic carbocycles. The number of methoxy groups -OCH3 is 2. The van der Waals surface area contributed by atoms with E-state index in [0.717, 1.165) is 5.56 Å². The van der Waals surface area contributed by atoms with E-state index in [1.807, 2.05) is 13.0 Å². The topological polar surface area (TPSA) is 53.7 Å². The largest absolute Gasteiger partial charge is 0.493 e. The van der Waals surface area contributed by atoms with E-state index in [1.165, 1.54) is 0 Å². The molecule has 0 fully saturated rings. The van der Waals surface area contributed by atoms with Gasteiger partial charge >= 0.3 is 0 Å². The summed E-state index contributed by atoms with van der Waals surface area (Å²) in [7, 11) is 3.13. The molecule has 96 valence electrons. The maximum atomic E-state index is 6.01. The zero-order valence-corrected chi connectivity index (χ0v) is 11.1. The Morgan fingerprint density at radius 2 is 2.06 bits per heavy atom. The number of ether oxygens (including phenoxy) is 3. The third kappa shape index (κ3) is 4.07. The molecule has 0 aromatic heterocycles. The van der Waals surface area contributed by atoms with Gasteiger partial charge in [-0.05, 0) is 19.4 Å². The summed E-state index contributed by atoms with van der Waals surface area (Å²) in [6, 6.07) is 3.55. The molecule has 1 atom stereocenters. The maximum absolute atomic E-state index is 6.01. The van der Waals surface area contributed by atoms with Crippen LogP contribution in [0.2, 0.25) is 5.02 Å². The molecule has 5 heteroatoms. The predicted molar refractivity (Wildman–Crippen MR) is 67.9 cm³/mol. The van der Waals surface area contributed by atoms with Crippen LogP contribution in [-0.4, -0.2) is 27.1 Å². The highest BCUT2D eigenvalue weighted by atomic mass is 35.5. The van der Waals surface area contributed by atoms with Gasteiger partial charge in [0.05, 0.1) is 7.11 Å². The Kier molecular flexibility index (Phi) is 5.55. The molecule has 4 nitrogen and oxygen atoms in total. The summed E-state index contributed by atoms with van der Waals surface area (Å²) < 4.78 is 15.6. The summed E-state index contributed by atoms with van der Waals surface area (Å²) in [5.41, 5.74) is 6.71. The first-order valence-corrected chi connectivity index (χ1v) is 5.70. The third-order valence-electron chi connectivity index (χ3n) is 2.18. The van der Waals surface area contributed by atoms with Crippen molar-refractivity contribution in [3.05, 3.63) is 22.7 Å². The van der Waals surface area contributed by atoms with Gasteiger partial charge in [0.1, 0.15) is 0 Å². The second-order valence-electron chi connectivity index (χ2n) is 3.83. The maximum Gasteiger partial charge on any atom is 0.188 e. The summed E-state index contributed by atoms with van der Waals surface area (Å²) >= 11 is 6.01. The van der Waals surface area contributed by atoms with E-state index in [-0.39, 0.29) is 12.8 Å². The first-order valence-electron chi connectivity index (χ1n) is 5.32. The number of hydrogen-bond acceptors (Lipinski definition) is 4. The van der Waals surface area contributed by atoms with E-state index in [2.05, 4.69) is 0 Å². The van der Waals surface area contributed by atoms with Gasteiger partial charge in [0.15, 0.2) is 18.3 Å². The highest BCUT2D eigenvalue weighted by molar-refractivity contribution is 6.30. The summed E-state index contributed by atoms with van der Waals surface area (Å²) in [6.07, 6.45) is 0.663. The lowest BCUT2D eigenvalue weighted by atomic mass is 10.1. The molecule has 0 amide bonds. The van der Waals surface area contributed by atoms with E-state index in [4.69, 9.17) is 31.5 Å². The number of nitrogens with two attached hydrogens (primary N) is 1. The van der Waals surface area contributed by atoms with Crippen LogP contribution in [0, 0.1) is 0 Å². The van der Waals surface area contributed by atoms with Gasteiger partial charge < -0.3 is 19.9 Å². The van der Waals surface area contributed by atoms with Crippen LogP contribution >= 0.6 is 11.6 Å². The number of rotatable bonds is 6. The molecule has 0 aliphatic heterocycles. The highest BCUT2D eigenvalue weighted by Gasteiger charge is 2.14. The summed E-state index contributed by atoms with van der Waals surface area (Å²) in [4.78, 5) is 0. The zero-order valence-electron chi connectivity index (χ0n) is 10.3. The molecule has 0 saturated carbocycles. The third-order valence-corrected chi connectivity index (χ3v) is 2.40. The highest BCUT2D eigenvalue weighted by Crippen LogP contribution is 2.35. The Morgan fingerprint density at radius 3 is 2.59 bits per heavy atom. The molecule has 1 unspecified atom stereocenters. The summed E-state index contributed by atoms with van der Waals surface area (Å²) in [6.45, 7) is 2.08. The van der Waals surface area contributed by atoms with E-state index < -0.39 is 0 Å². The van der Waals surface area contributed by atoms with E-state index in [9.17, 15) is 0 Å². The van der Waals surface area contributed by atoms with Gasteiger partial charge in [-0.25, -0.2) is 0 Å². The van der Waals surface area contributed by atoms with E-state index in [1.54, 1.807) is 20.3 Å². The molecule has 2 N–H and O–H groups in total. The van der Waals surface area contributed by atoms with Crippen molar-refractivity contribution >= 4 is 11.6 Å². The lowest BCUT2D eigenvalue weighted by Gasteiger charge is -2.16. The molecular formula is C12H18ClNO3. The molecule has 0 bridgehead atoms. The summed E-state index contributed by atoms with van der Waals surface area (Å²) in [5.74, 6) is 1.22. The molecule has 0 aliphatic carbocycles. The molecule has 1 aromatic rings. The minimum absolute atomic E-state index is 0.0167. The number of benzene rings is 1. The van der Waals surface area contributed by atoms with Crippen LogP contribution in [0.4, 0.5) is 0 Å². The van der Waals surface area contributed by atoms with Crippen LogP contribution in [0.25, 0.3) is 0 Å². The monoisotopic (exact) mass is 259 g/mol. The van der Waals surface area contributed by atoms with Crippen LogP contribution in [0.1, 0.15) is 12.5 Å². The van der Waals surface area contributed by atoms with Crippen molar-refractivity contribution in [1.29, 1.82) is 0 Å². The average Bonchev–Trinajstić information content (AvgIpc) is 2.26. The molecular weight excluding hydrogens is 242 g/mol. The standard InChI is InChI=1S/C12H18ClNO3/c1-8(14)4-9-5-10(13)6-11(16-3)12(9)17-7-15-2/h5-6,8H,4,7,14H2,1-3H3. The first-order chi connectivity index (χ1) is 8.08. The SMILES string of the molecule is COCOc1c(CC(C)N)cc(Cl)cc1OC. The Morgan fingerprint density at radius 1 is 1.35 bits per heavy atom. The molecule has 0 spiro atoms. The van der Waals surface area contributed by atoms with Crippen molar-refractivity contribution in [1.82, 2.24) is 0 Å². The van der Waals surface area contributed by atoms with Gasteiger partial charge in [0.25, 0.3) is 0 Å². The Hall–Kier alpha value is -0.970. The Bertz CT molecular complexity index is 369.